The number of nitrogens with zero attached hydrogens (tertiary/aromatic N) is 8. The minimum atomic E-state index is 0.404. The van der Waals surface area contributed by atoms with Gasteiger partial charge in [0.25, 0.3) is 0 Å². The van der Waals surface area contributed by atoms with Gasteiger partial charge in [-0.1, -0.05) is 152 Å². The molecule has 5 heterocycles. The Kier molecular flexibility index (Phi) is 9.75. The highest BCUT2D eigenvalue weighted by Crippen LogP contribution is 2.33. The van der Waals surface area contributed by atoms with Gasteiger partial charge >= 0.3 is 0 Å². The first kappa shape index (κ1) is 36.0. The van der Waals surface area contributed by atoms with Crippen molar-refractivity contribution < 1.29 is 0 Å². The molecule has 0 aliphatic carbocycles. The molecule has 8 heteroatoms. The third kappa shape index (κ3) is 7.68. The third-order valence-electron chi connectivity index (χ3n) is 10.1. The predicted molar refractivity (Wildman–Crippen MR) is 238 cm³/mol. The quantitative estimate of drug-likeness (QED) is 0.143. The van der Waals surface area contributed by atoms with Crippen molar-refractivity contribution in [3.8, 4) is 102 Å². The third-order valence-corrected chi connectivity index (χ3v) is 10.1. The lowest BCUT2D eigenvalue weighted by molar-refractivity contribution is 1.05. The molecule has 0 bridgehead atoms. The van der Waals surface area contributed by atoms with E-state index in [4.69, 9.17) is 29.9 Å². The molecule has 10 rings (SSSR count). The summed E-state index contributed by atoms with van der Waals surface area (Å²) < 4.78 is 0. The van der Waals surface area contributed by atoms with Crippen LogP contribution in [-0.4, -0.2) is 39.9 Å². The molecule has 60 heavy (non-hydrogen) atoms. The van der Waals surface area contributed by atoms with Gasteiger partial charge < -0.3 is 0 Å². The molecule has 0 unspecified atom stereocenters. The van der Waals surface area contributed by atoms with E-state index in [0.29, 0.717) is 40.4 Å². The summed E-state index contributed by atoms with van der Waals surface area (Å²) in [5.41, 5.74) is 11.9. The van der Waals surface area contributed by atoms with Crippen LogP contribution in [0.1, 0.15) is 0 Å². The van der Waals surface area contributed by atoms with Crippen LogP contribution in [0, 0.1) is 0 Å². The molecule has 0 saturated carbocycles. The van der Waals surface area contributed by atoms with Gasteiger partial charge in [0.05, 0.1) is 28.5 Å². The summed E-state index contributed by atoms with van der Waals surface area (Å²) in [6.45, 7) is 0. The summed E-state index contributed by atoms with van der Waals surface area (Å²) in [6.07, 6.45) is 3.51. The summed E-state index contributed by atoms with van der Waals surface area (Å²) in [4.78, 5) is 39.9. The van der Waals surface area contributed by atoms with Gasteiger partial charge in [0.15, 0.2) is 23.3 Å². The zero-order chi connectivity index (χ0) is 40.1. The van der Waals surface area contributed by atoms with Gasteiger partial charge in [-0.3, -0.25) is 9.97 Å². The van der Waals surface area contributed by atoms with Gasteiger partial charge in [0.1, 0.15) is 5.69 Å². The highest BCUT2D eigenvalue weighted by atomic mass is 15.1. The van der Waals surface area contributed by atoms with Crippen LogP contribution < -0.4 is 0 Å². The maximum absolute atomic E-state index is 5.17. The molecule has 5 aromatic heterocycles. The molecule has 0 aliphatic heterocycles. The van der Waals surface area contributed by atoms with Crippen molar-refractivity contribution in [2.45, 2.75) is 0 Å². The van der Waals surface area contributed by atoms with E-state index in [1.807, 2.05) is 121 Å². The second-order valence-corrected chi connectivity index (χ2v) is 14.1. The van der Waals surface area contributed by atoms with Crippen LogP contribution in [0.15, 0.2) is 207 Å². The van der Waals surface area contributed by atoms with Crippen LogP contribution in [0.2, 0.25) is 0 Å². The molecule has 0 fully saturated rings. The van der Waals surface area contributed by atoms with Gasteiger partial charge in [-0.2, -0.15) is 0 Å². The zero-order valence-electron chi connectivity index (χ0n) is 32.2. The van der Waals surface area contributed by atoms with Crippen LogP contribution in [0.4, 0.5) is 0 Å². The van der Waals surface area contributed by atoms with Crippen LogP contribution in [-0.2, 0) is 0 Å². The first-order valence-electron chi connectivity index (χ1n) is 19.6. The topological polar surface area (TPSA) is 103 Å². The SMILES string of the molecule is c1ccc(-c2ccc(-c3cc(-c4nc(-c5ccccc5)nc(-c5cc(-c6ccccn6)nc(-c6ccccn6)c5)n4)nc(-c4ccc(-c5ccccc5)cc4)n3)cc2)cc1. The summed E-state index contributed by atoms with van der Waals surface area (Å²) in [6, 6.07) is 64.8. The Morgan fingerprint density at radius 3 is 1.10 bits per heavy atom. The second-order valence-electron chi connectivity index (χ2n) is 14.1. The Morgan fingerprint density at radius 1 is 0.200 bits per heavy atom. The summed E-state index contributed by atoms with van der Waals surface area (Å²) in [5, 5.41) is 0. The molecule has 0 saturated heterocycles. The fraction of sp³-hybridized carbons (Fsp3) is 0. The van der Waals surface area contributed by atoms with Gasteiger partial charge in [0, 0.05) is 34.6 Å². The Hall–Kier alpha value is -8.36. The van der Waals surface area contributed by atoms with Crippen LogP contribution in [0.25, 0.3) is 102 Å². The number of benzene rings is 5. The van der Waals surface area contributed by atoms with E-state index < -0.39 is 0 Å². The molecule has 5 aromatic carbocycles. The van der Waals surface area contributed by atoms with E-state index in [2.05, 4.69) is 82.8 Å². The van der Waals surface area contributed by atoms with Crippen LogP contribution in [0.5, 0.6) is 0 Å². The first-order chi connectivity index (χ1) is 29.7. The molecule has 0 N–H and O–H groups in total. The van der Waals surface area contributed by atoms with Crippen molar-refractivity contribution in [1.82, 2.24) is 39.9 Å². The maximum Gasteiger partial charge on any atom is 0.182 e. The lowest BCUT2D eigenvalue weighted by Gasteiger charge is -2.13. The van der Waals surface area contributed by atoms with Crippen molar-refractivity contribution in [2.24, 2.45) is 0 Å². The molecule has 0 radical (unpaired) electrons. The smallest absolute Gasteiger partial charge is 0.182 e. The Balaban J connectivity index is 1.15. The Bertz CT molecular complexity index is 2880. The number of rotatable bonds is 9. The molecule has 8 nitrogen and oxygen atoms in total. The predicted octanol–water partition coefficient (Wildman–Crippen LogP) is 11.8. The molecule has 0 spiro atoms. The fourth-order valence-electron chi connectivity index (χ4n) is 7.03. The molecule has 282 valence electrons. The standard InChI is InChI=1S/C52H34N8/c1-4-14-35(15-5-1)37-22-26-39(27-23-37)45-34-48(57-49(56-45)41-28-24-38(25-29-41)36-16-6-2-7-17-36)52-59-50(40-18-8-3-9-19-40)58-51(60-52)42-32-46(43-20-10-12-30-53-43)55-47(33-42)44-21-11-13-31-54-44/h1-34H. The van der Waals surface area contributed by atoms with E-state index in [1.54, 1.807) is 12.4 Å². The van der Waals surface area contributed by atoms with Crippen LogP contribution >= 0.6 is 0 Å². The number of pyridine rings is 3. The van der Waals surface area contributed by atoms with Gasteiger partial charge in [-0.25, -0.2) is 29.9 Å². The minimum Gasteiger partial charge on any atom is -0.255 e. The average Bonchev–Trinajstić information content (AvgIpc) is 3.35. The Morgan fingerprint density at radius 2 is 0.583 bits per heavy atom. The molecule has 0 aliphatic rings. The molecule has 0 amide bonds. The summed E-state index contributed by atoms with van der Waals surface area (Å²) in [5.74, 6) is 1.92. The monoisotopic (exact) mass is 770 g/mol. The number of hydrogen-bond donors (Lipinski definition) is 0. The van der Waals surface area contributed by atoms with Crippen molar-refractivity contribution in [3.05, 3.63) is 207 Å². The summed E-state index contributed by atoms with van der Waals surface area (Å²) in [7, 11) is 0. The van der Waals surface area contributed by atoms with Crippen molar-refractivity contribution >= 4 is 0 Å². The van der Waals surface area contributed by atoms with E-state index in [1.165, 1.54) is 0 Å². The number of aromatic nitrogens is 8. The largest absolute Gasteiger partial charge is 0.255 e. The van der Waals surface area contributed by atoms with Crippen molar-refractivity contribution in [2.75, 3.05) is 0 Å². The van der Waals surface area contributed by atoms with Gasteiger partial charge in [-0.15, -0.1) is 0 Å². The van der Waals surface area contributed by atoms with Crippen molar-refractivity contribution in [3.63, 3.8) is 0 Å². The molecular weight excluding hydrogens is 737 g/mol. The van der Waals surface area contributed by atoms with E-state index in [9.17, 15) is 0 Å². The minimum absolute atomic E-state index is 0.404. The van der Waals surface area contributed by atoms with Gasteiger partial charge in [-0.05, 0) is 64.7 Å². The first-order valence-corrected chi connectivity index (χ1v) is 19.6. The van der Waals surface area contributed by atoms with E-state index >= 15 is 0 Å². The lowest BCUT2D eigenvalue weighted by Crippen LogP contribution is -2.04. The van der Waals surface area contributed by atoms with Crippen molar-refractivity contribution in [1.29, 1.82) is 0 Å². The second kappa shape index (κ2) is 16.2. The zero-order valence-corrected chi connectivity index (χ0v) is 32.2. The maximum atomic E-state index is 5.17. The van der Waals surface area contributed by atoms with E-state index in [-0.39, 0.29) is 0 Å². The average molecular weight is 771 g/mol. The molecular formula is C52H34N8. The summed E-state index contributed by atoms with van der Waals surface area (Å²) >= 11 is 0. The number of hydrogen-bond acceptors (Lipinski definition) is 8. The fourth-order valence-corrected chi connectivity index (χ4v) is 7.03. The molecule has 10 aromatic rings. The van der Waals surface area contributed by atoms with E-state index in [0.717, 1.165) is 61.6 Å². The highest BCUT2D eigenvalue weighted by Gasteiger charge is 2.19. The lowest BCUT2D eigenvalue weighted by atomic mass is 10.0. The molecule has 0 atom stereocenters. The normalized spacial score (nSPS) is 11.0. The highest BCUT2D eigenvalue weighted by molar-refractivity contribution is 5.77. The van der Waals surface area contributed by atoms with Crippen LogP contribution in [0.3, 0.4) is 0 Å². The Labute approximate surface area is 347 Å². The van der Waals surface area contributed by atoms with Gasteiger partial charge in [0.2, 0.25) is 0 Å².